The molecule has 1 aliphatic heterocycles. The summed E-state index contributed by atoms with van der Waals surface area (Å²) in [5.74, 6) is -1.33. The predicted molar refractivity (Wildman–Crippen MR) is 81.3 cm³/mol. The second-order valence-electron chi connectivity index (χ2n) is 5.49. The van der Waals surface area contributed by atoms with Crippen molar-refractivity contribution < 1.29 is 27.5 Å². The van der Waals surface area contributed by atoms with Crippen LogP contribution in [0, 0.1) is 0 Å². The van der Waals surface area contributed by atoms with Gasteiger partial charge in [-0.1, -0.05) is 6.07 Å². The number of hydrogen-bond donors (Lipinski definition) is 0. The summed E-state index contributed by atoms with van der Waals surface area (Å²) < 4.78 is 35.9. The fourth-order valence-corrected chi connectivity index (χ4v) is 3.42. The monoisotopic (exact) mass is 341 g/mol. The van der Waals surface area contributed by atoms with Crippen molar-refractivity contribution in [1.29, 1.82) is 0 Å². The van der Waals surface area contributed by atoms with Gasteiger partial charge in [0.15, 0.2) is 0 Å². The molecule has 1 aliphatic rings. The molecule has 0 spiro atoms. The summed E-state index contributed by atoms with van der Waals surface area (Å²) in [7, 11) is -2.23. The zero-order valence-corrected chi connectivity index (χ0v) is 14.0. The van der Waals surface area contributed by atoms with Crippen molar-refractivity contribution in [3.63, 3.8) is 0 Å². The molecule has 7 nitrogen and oxygen atoms in total. The Morgan fingerprint density at radius 1 is 1.39 bits per heavy atom. The van der Waals surface area contributed by atoms with E-state index in [1.165, 1.54) is 35.6 Å². The van der Waals surface area contributed by atoms with Gasteiger partial charge in [-0.3, -0.25) is 0 Å². The minimum Gasteiger partial charge on any atom is -0.463 e. The summed E-state index contributed by atoms with van der Waals surface area (Å²) in [6.07, 6.45) is -0.625. The summed E-state index contributed by atoms with van der Waals surface area (Å²) in [4.78, 5) is 23.4. The number of hydrogen-bond acceptors (Lipinski definition) is 6. The quantitative estimate of drug-likeness (QED) is 0.747. The van der Waals surface area contributed by atoms with E-state index in [1.54, 1.807) is 13.8 Å². The molecule has 1 fully saturated rings. The lowest BCUT2D eigenvalue weighted by Gasteiger charge is -2.21. The molecular formula is C15H19NO6S. The topological polar surface area (TPSA) is 90.0 Å². The lowest BCUT2D eigenvalue weighted by atomic mass is 10.2. The van der Waals surface area contributed by atoms with Crippen LogP contribution in [0.4, 0.5) is 0 Å². The van der Waals surface area contributed by atoms with Crippen molar-refractivity contribution in [3.05, 3.63) is 29.8 Å². The number of cyclic esters (lactones) is 1. The Labute approximate surface area is 135 Å². The van der Waals surface area contributed by atoms with Crippen LogP contribution in [0.15, 0.2) is 29.2 Å². The molecule has 0 radical (unpaired) electrons. The summed E-state index contributed by atoms with van der Waals surface area (Å²) in [6.45, 7) is 3.72. The molecule has 0 aliphatic carbocycles. The Balaban J connectivity index is 2.22. The third kappa shape index (κ3) is 3.70. The van der Waals surface area contributed by atoms with Crippen molar-refractivity contribution in [1.82, 2.24) is 4.31 Å². The Bertz CT molecular complexity index is 712. The Morgan fingerprint density at radius 3 is 2.65 bits per heavy atom. The highest BCUT2D eigenvalue weighted by Crippen LogP contribution is 2.19. The second kappa shape index (κ2) is 6.67. The molecule has 0 amide bonds. The zero-order chi connectivity index (χ0) is 17.2. The second-order valence-corrected chi connectivity index (χ2v) is 7.49. The maximum atomic E-state index is 12.4. The first kappa shape index (κ1) is 17.4. The SMILES string of the molecule is CC(C)N(C)S(=O)(=O)c1cccc(C(=O)O[C@H]2CCOC2=O)c1. The fourth-order valence-electron chi connectivity index (χ4n) is 2.01. The molecule has 2 rings (SSSR count). The van der Waals surface area contributed by atoms with Crippen LogP contribution in [0.5, 0.6) is 0 Å². The van der Waals surface area contributed by atoms with E-state index in [9.17, 15) is 18.0 Å². The van der Waals surface area contributed by atoms with E-state index in [2.05, 4.69) is 0 Å². The van der Waals surface area contributed by atoms with Gasteiger partial charge in [0.1, 0.15) is 0 Å². The summed E-state index contributed by atoms with van der Waals surface area (Å²) in [5.41, 5.74) is 0.0722. The molecule has 8 heteroatoms. The third-order valence-electron chi connectivity index (χ3n) is 3.61. The molecule has 1 atom stereocenters. The Hall–Kier alpha value is -1.93. The highest BCUT2D eigenvalue weighted by atomic mass is 32.2. The first-order valence-corrected chi connectivity index (χ1v) is 8.63. The van der Waals surface area contributed by atoms with Crippen molar-refractivity contribution in [3.8, 4) is 0 Å². The average molecular weight is 341 g/mol. The fraction of sp³-hybridized carbons (Fsp3) is 0.467. The van der Waals surface area contributed by atoms with E-state index in [4.69, 9.17) is 9.47 Å². The third-order valence-corrected chi connectivity index (χ3v) is 5.64. The number of carbonyl (C=O) groups excluding carboxylic acids is 2. The molecular weight excluding hydrogens is 322 g/mol. The van der Waals surface area contributed by atoms with Gasteiger partial charge in [-0.25, -0.2) is 18.0 Å². The van der Waals surface area contributed by atoms with E-state index in [-0.39, 0.29) is 23.1 Å². The summed E-state index contributed by atoms with van der Waals surface area (Å²) >= 11 is 0. The molecule has 23 heavy (non-hydrogen) atoms. The summed E-state index contributed by atoms with van der Waals surface area (Å²) in [6, 6.07) is 5.34. The smallest absolute Gasteiger partial charge is 0.347 e. The van der Waals surface area contributed by atoms with Gasteiger partial charge in [0.25, 0.3) is 0 Å². The molecule has 1 aromatic carbocycles. The van der Waals surface area contributed by atoms with Crippen molar-refractivity contribution in [2.24, 2.45) is 0 Å². The molecule has 0 aromatic heterocycles. The molecule has 126 valence electrons. The van der Waals surface area contributed by atoms with Crippen LogP contribution in [-0.4, -0.2) is 50.5 Å². The minimum absolute atomic E-state index is 0.00264. The number of benzene rings is 1. The van der Waals surface area contributed by atoms with Gasteiger partial charge in [-0.05, 0) is 32.0 Å². The number of rotatable bonds is 5. The van der Waals surface area contributed by atoms with Crippen LogP contribution in [0.25, 0.3) is 0 Å². The molecule has 0 bridgehead atoms. The van der Waals surface area contributed by atoms with Crippen LogP contribution in [0.3, 0.4) is 0 Å². The standard InChI is InChI=1S/C15H19NO6S/c1-10(2)16(3)23(19,20)12-6-4-5-11(9-12)14(17)22-13-7-8-21-15(13)18/h4-6,9-10,13H,7-8H2,1-3H3/t13-/m0/s1. The van der Waals surface area contributed by atoms with E-state index in [1.807, 2.05) is 0 Å². The van der Waals surface area contributed by atoms with Gasteiger partial charge in [0.05, 0.1) is 17.1 Å². The van der Waals surface area contributed by atoms with Crippen LogP contribution < -0.4 is 0 Å². The lowest BCUT2D eigenvalue weighted by Crippen LogP contribution is -2.33. The van der Waals surface area contributed by atoms with Gasteiger partial charge in [0, 0.05) is 19.5 Å². The molecule has 0 saturated carbocycles. The van der Waals surface area contributed by atoms with Gasteiger partial charge >= 0.3 is 11.9 Å². The molecule has 1 aromatic rings. The number of sulfonamides is 1. The normalized spacial score (nSPS) is 18.3. The lowest BCUT2D eigenvalue weighted by molar-refractivity contribution is -0.145. The molecule has 0 N–H and O–H groups in total. The van der Waals surface area contributed by atoms with Gasteiger partial charge in [-0.2, -0.15) is 4.31 Å². The Morgan fingerprint density at radius 2 is 2.09 bits per heavy atom. The van der Waals surface area contributed by atoms with E-state index in [0.717, 1.165) is 0 Å². The van der Waals surface area contributed by atoms with Crippen molar-refractivity contribution in [2.75, 3.05) is 13.7 Å². The first-order valence-electron chi connectivity index (χ1n) is 7.19. The largest absolute Gasteiger partial charge is 0.463 e. The molecule has 1 saturated heterocycles. The average Bonchev–Trinajstić information content (AvgIpc) is 2.91. The van der Waals surface area contributed by atoms with Gasteiger partial charge in [0.2, 0.25) is 16.1 Å². The number of esters is 2. The van der Waals surface area contributed by atoms with E-state index >= 15 is 0 Å². The minimum atomic E-state index is -3.70. The van der Waals surface area contributed by atoms with Crippen LogP contribution in [0.1, 0.15) is 30.6 Å². The number of carbonyl (C=O) groups is 2. The molecule has 1 heterocycles. The summed E-state index contributed by atoms with van der Waals surface area (Å²) in [5, 5.41) is 0. The maximum absolute atomic E-state index is 12.4. The number of nitrogens with zero attached hydrogens (tertiary/aromatic N) is 1. The molecule has 0 unspecified atom stereocenters. The Kier molecular flexibility index (Phi) is 5.06. The van der Waals surface area contributed by atoms with Crippen molar-refractivity contribution in [2.45, 2.75) is 37.3 Å². The van der Waals surface area contributed by atoms with Gasteiger partial charge in [-0.15, -0.1) is 0 Å². The maximum Gasteiger partial charge on any atom is 0.347 e. The van der Waals surface area contributed by atoms with Crippen LogP contribution in [-0.2, 0) is 24.3 Å². The van der Waals surface area contributed by atoms with Crippen LogP contribution in [0.2, 0.25) is 0 Å². The number of ether oxygens (including phenoxy) is 2. The van der Waals surface area contributed by atoms with E-state index in [0.29, 0.717) is 6.42 Å². The predicted octanol–water partition coefficient (Wildman–Crippen LogP) is 1.19. The van der Waals surface area contributed by atoms with Gasteiger partial charge < -0.3 is 9.47 Å². The highest BCUT2D eigenvalue weighted by Gasteiger charge is 2.31. The highest BCUT2D eigenvalue weighted by molar-refractivity contribution is 7.89. The first-order chi connectivity index (χ1) is 10.7. The van der Waals surface area contributed by atoms with Crippen LogP contribution >= 0.6 is 0 Å². The van der Waals surface area contributed by atoms with Crippen molar-refractivity contribution >= 4 is 22.0 Å². The van der Waals surface area contributed by atoms with E-state index < -0.39 is 28.1 Å². The zero-order valence-electron chi connectivity index (χ0n) is 13.2.